The smallest absolute Gasteiger partial charge is 0.166 e. The molecule has 2 aliphatic rings. The van der Waals surface area contributed by atoms with Crippen LogP contribution >= 0.6 is 0 Å². The summed E-state index contributed by atoms with van der Waals surface area (Å²) in [6.07, 6.45) is 8.64. The molecule has 6 heteroatoms. The van der Waals surface area contributed by atoms with E-state index in [0.29, 0.717) is 6.73 Å². The van der Waals surface area contributed by atoms with Crippen LogP contribution in [0.15, 0.2) is 49.1 Å². The van der Waals surface area contributed by atoms with E-state index in [0.717, 1.165) is 58.6 Å². The summed E-state index contributed by atoms with van der Waals surface area (Å²) >= 11 is 0. The molecule has 0 fully saturated rings. The lowest BCUT2D eigenvalue weighted by Crippen LogP contribution is -2.13. The van der Waals surface area contributed by atoms with Crippen molar-refractivity contribution >= 4 is 0 Å². The molecular formula is C23H20N4O2. The van der Waals surface area contributed by atoms with Gasteiger partial charge < -0.3 is 14.0 Å². The molecule has 0 unspecified atom stereocenters. The molecule has 6 nitrogen and oxygen atoms in total. The highest BCUT2D eigenvalue weighted by atomic mass is 16.5. The first-order valence-corrected chi connectivity index (χ1v) is 9.79. The standard InChI is InChI=1S/C23H20N4O2/c1-14-9-16(11-19-18(14)3-6-26-7-4-24-22(19)26)29-17-10-15(2)21-20(12-17)23-25-5-8-27(23)13-28-21/h4-5,7-12H,3,6,13H2,1-2H3. The van der Waals surface area contributed by atoms with Crippen molar-refractivity contribution in [3.05, 3.63) is 65.7 Å². The Labute approximate surface area is 168 Å². The maximum absolute atomic E-state index is 6.33. The van der Waals surface area contributed by atoms with Crippen molar-refractivity contribution in [1.29, 1.82) is 0 Å². The lowest BCUT2D eigenvalue weighted by atomic mass is 9.95. The minimum absolute atomic E-state index is 0.486. The van der Waals surface area contributed by atoms with Gasteiger partial charge in [0.25, 0.3) is 0 Å². The van der Waals surface area contributed by atoms with Gasteiger partial charge in [-0.15, -0.1) is 0 Å². The summed E-state index contributed by atoms with van der Waals surface area (Å²) in [7, 11) is 0. The van der Waals surface area contributed by atoms with Crippen LogP contribution in [0.1, 0.15) is 16.7 Å². The van der Waals surface area contributed by atoms with Gasteiger partial charge in [0.2, 0.25) is 0 Å². The summed E-state index contributed by atoms with van der Waals surface area (Å²) in [6.45, 7) is 5.65. The predicted octanol–water partition coefficient (Wildman–Crippen LogP) is 4.73. The van der Waals surface area contributed by atoms with Crippen molar-refractivity contribution in [1.82, 2.24) is 19.1 Å². The molecule has 2 aromatic carbocycles. The Hall–Kier alpha value is -3.54. The average Bonchev–Trinajstić information content (AvgIpc) is 3.37. The molecule has 0 bridgehead atoms. The monoisotopic (exact) mass is 384 g/mol. The fraction of sp³-hybridized carbons (Fsp3) is 0.217. The fourth-order valence-electron chi connectivity index (χ4n) is 4.43. The van der Waals surface area contributed by atoms with Crippen molar-refractivity contribution < 1.29 is 9.47 Å². The third-order valence-electron chi connectivity index (χ3n) is 5.79. The fourth-order valence-corrected chi connectivity index (χ4v) is 4.43. The van der Waals surface area contributed by atoms with E-state index in [9.17, 15) is 0 Å². The number of ether oxygens (including phenoxy) is 2. The maximum atomic E-state index is 6.33. The first-order valence-electron chi connectivity index (χ1n) is 9.79. The molecule has 0 spiro atoms. The number of rotatable bonds is 2. The molecule has 0 radical (unpaired) electrons. The van der Waals surface area contributed by atoms with E-state index < -0.39 is 0 Å². The van der Waals surface area contributed by atoms with Crippen LogP contribution in [0.2, 0.25) is 0 Å². The number of nitrogens with zero attached hydrogens (tertiary/aromatic N) is 4. The summed E-state index contributed by atoms with van der Waals surface area (Å²) in [5, 5.41) is 0. The number of aromatic nitrogens is 4. The van der Waals surface area contributed by atoms with Gasteiger partial charge in [-0.25, -0.2) is 9.97 Å². The minimum Gasteiger partial charge on any atom is -0.472 e. The quantitative estimate of drug-likeness (QED) is 0.501. The van der Waals surface area contributed by atoms with E-state index in [4.69, 9.17) is 9.47 Å². The largest absolute Gasteiger partial charge is 0.472 e. The highest BCUT2D eigenvalue weighted by molar-refractivity contribution is 5.71. The van der Waals surface area contributed by atoms with E-state index in [2.05, 4.69) is 33.6 Å². The van der Waals surface area contributed by atoms with Crippen LogP contribution in [-0.4, -0.2) is 19.1 Å². The van der Waals surface area contributed by atoms with Gasteiger partial charge in [0, 0.05) is 36.9 Å². The Morgan fingerprint density at radius 3 is 2.38 bits per heavy atom. The van der Waals surface area contributed by atoms with E-state index in [1.807, 2.05) is 42.2 Å². The van der Waals surface area contributed by atoms with Crippen molar-refractivity contribution in [3.8, 4) is 40.0 Å². The third-order valence-corrected chi connectivity index (χ3v) is 5.79. The van der Waals surface area contributed by atoms with E-state index in [1.54, 1.807) is 6.20 Å². The van der Waals surface area contributed by atoms with Gasteiger partial charge in [-0.3, -0.25) is 4.57 Å². The third kappa shape index (κ3) is 2.49. The van der Waals surface area contributed by atoms with E-state index in [-0.39, 0.29) is 0 Å². The average molecular weight is 384 g/mol. The molecular weight excluding hydrogens is 364 g/mol. The molecule has 2 aromatic heterocycles. The minimum atomic E-state index is 0.486. The molecule has 0 aliphatic carbocycles. The molecule has 4 aromatic rings. The molecule has 0 N–H and O–H groups in total. The molecule has 2 aliphatic heterocycles. The van der Waals surface area contributed by atoms with Crippen LogP contribution in [-0.2, 0) is 19.7 Å². The van der Waals surface area contributed by atoms with Crippen LogP contribution in [0.3, 0.4) is 0 Å². The van der Waals surface area contributed by atoms with Crippen molar-refractivity contribution in [2.24, 2.45) is 0 Å². The number of fused-ring (bicyclic) bond motifs is 6. The van der Waals surface area contributed by atoms with Crippen LogP contribution in [0, 0.1) is 13.8 Å². The summed E-state index contributed by atoms with van der Waals surface area (Å²) < 4.78 is 16.4. The van der Waals surface area contributed by atoms with Crippen LogP contribution in [0.25, 0.3) is 22.8 Å². The van der Waals surface area contributed by atoms with E-state index >= 15 is 0 Å². The maximum Gasteiger partial charge on any atom is 0.166 e. The Balaban J connectivity index is 1.42. The highest BCUT2D eigenvalue weighted by Crippen LogP contribution is 2.41. The van der Waals surface area contributed by atoms with Gasteiger partial charge >= 0.3 is 0 Å². The number of hydrogen-bond acceptors (Lipinski definition) is 4. The number of aryl methyl sites for hydroxylation is 3. The summed E-state index contributed by atoms with van der Waals surface area (Å²) in [6, 6.07) is 8.25. The summed E-state index contributed by atoms with van der Waals surface area (Å²) in [4.78, 5) is 9.05. The molecule has 0 saturated heterocycles. The van der Waals surface area contributed by atoms with Crippen molar-refractivity contribution in [2.75, 3.05) is 0 Å². The zero-order chi connectivity index (χ0) is 19.5. The normalized spacial score (nSPS) is 13.7. The van der Waals surface area contributed by atoms with E-state index in [1.165, 1.54) is 11.1 Å². The number of imidazole rings is 2. The van der Waals surface area contributed by atoms with Gasteiger partial charge in [-0.1, -0.05) is 0 Å². The second kappa shape index (κ2) is 5.98. The molecule has 0 amide bonds. The second-order valence-corrected chi connectivity index (χ2v) is 7.67. The Morgan fingerprint density at radius 2 is 1.55 bits per heavy atom. The Bertz CT molecular complexity index is 1170. The zero-order valence-corrected chi connectivity index (χ0v) is 16.3. The lowest BCUT2D eigenvalue weighted by Gasteiger charge is -2.23. The Kier molecular flexibility index (Phi) is 3.38. The summed E-state index contributed by atoms with van der Waals surface area (Å²) in [5.41, 5.74) is 5.75. The topological polar surface area (TPSA) is 54.1 Å². The highest BCUT2D eigenvalue weighted by Gasteiger charge is 2.23. The van der Waals surface area contributed by atoms with Gasteiger partial charge in [0.15, 0.2) is 6.73 Å². The van der Waals surface area contributed by atoms with Crippen molar-refractivity contribution in [2.45, 2.75) is 33.5 Å². The molecule has 0 atom stereocenters. The molecule has 4 heterocycles. The second-order valence-electron chi connectivity index (χ2n) is 7.67. The predicted molar refractivity (Wildman–Crippen MR) is 109 cm³/mol. The number of hydrogen-bond donors (Lipinski definition) is 0. The molecule has 29 heavy (non-hydrogen) atoms. The lowest BCUT2D eigenvalue weighted by molar-refractivity contribution is 0.228. The SMILES string of the molecule is Cc1cc(Oc2cc(C)c3c(c2)-c2nccn2CO3)cc2c1CCn1ccnc1-2. The Morgan fingerprint density at radius 1 is 0.862 bits per heavy atom. The zero-order valence-electron chi connectivity index (χ0n) is 16.3. The molecule has 6 rings (SSSR count). The first kappa shape index (κ1) is 16.4. The molecule has 144 valence electrons. The van der Waals surface area contributed by atoms with Gasteiger partial charge in [0.1, 0.15) is 28.9 Å². The first-order chi connectivity index (χ1) is 14.2. The van der Waals surface area contributed by atoms with Gasteiger partial charge in [-0.2, -0.15) is 0 Å². The van der Waals surface area contributed by atoms with Crippen LogP contribution in [0.4, 0.5) is 0 Å². The van der Waals surface area contributed by atoms with Crippen LogP contribution in [0.5, 0.6) is 17.2 Å². The van der Waals surface area contributed by atoms with Gasteiger partial charge in [0.05, 0.1) is 5.56 Å². The molecule has 0 saturated carbocycles. The van der Waals surface area contributed by atoms with Crippen LogP contribution < -0.4 is 9.47 Å². The number of benzene rings is 2. The van der Waals surface area contributed by atoms with Crippen molar-refractivity contribution in [3.63, 3.8) is 0 Å². The van der Waals surface area contributed by atoms with Gasteiger partial charge in [-0.05, 0) is 61.2 Å². The summed E-state index contributed by atoms with van der Waals surface area (Å²) in [5.74, 6) is 4.39.